The van der Waals surface area contributed by atoms with E-state index < -0.39 is 41.0 Å². The fourth-order valence-corrected chi connectivity index (χ4v) is 4.76. The number of nitriles is 1. The summed E-state index contributed by atoms with van der Waals surface area (Å²) in [5, 5.41) is 11.8. The van der Waals surface area contributed by atoms with Gasteiger partial charge in [0, 0.05) is 23.4 Å². The number of hydrogen-bond donors (Lipinski definition) is 0. The van der Waals surface area contributed by atoms with Crippen LogP contribution in [0.2, 0.25) is 0 Å². The van der Waals surface area contributed by atoms with Gasteiger partial charge in [-0.15, -0.1) is 23.1 Å². The number of pyridine rings is 2. The topological polar surface area (TPSA) is 58.7 Å². The van der Waals surface area contributed by atoms with Crippen LogP contribution >= 0.6 is 23.1 Å². The van der Waals surface area contributed by atoms with E-state index in [0.29, 0.717) is 28.1 Å². The molecule has 0 aliphatic rings. The number of thioether (sulfide) groups is 1. The molecule has 178 valence electrons. The summed E-state index contributed by atoms with van der Waals surface area (Å²) in [5.41, 5.74) is -2.58. The van der Waals surface area contributed by atoms with Gasteiger partial charge < -0.3 is 4.57 Å². The van der Waals surface area contributed by atoms with Crippen molar-refractivity contribution in [1.29, 1.82) is 5.26 Å². The third-order valence-electron chi connectivity index (χ3n) is 5.19. The number of hydrogen-bond acceptors (Lipinski definition) is 5. The van der Waals surface area contributed by atoms with Crippen LogP contribution in [0.15, 0.2) is 63.9 Å². The van der Waals surface area contributed by atoms with Crippen molar-refractivity contribution in [3.05, 3.63) is 92.7 Å². The van der Waals surface area contributed by atoms with Crippen LogP contribution in [0.5, 0.6) is 0 Å². The summed E-state index contributed by atoms with van der Waals surface area (Å²) in [4.78, 5) is 17.6. The molecule has 4 rings (SSSR count). The molecule has 11 heteroatoms. The molecule has 4 aromatic rings. The summed E-state index contributed by atoms with van der Waals surface area (Å²) in [6, 6.07) is 9.94. The van der Waals surface area contributed by atoms with E-state index in [9.17, 15) is 32.0 Å². The van der Waals surface area contributed by atoms with Crippen molar-refractivity contribution in [2.45, 2.75) is 17.7 Å². The molecule has 0 radical (unpaired) electrons. The van der Waals surface area contributed by atoms with Crippen LogP contribution < -0.4 is 5.56 Å². The van der Waals surface area contributed by atoms with Crippen molar-refractivity contribution < 1.29 is 22.0 Å². The monoisotopic (exact) mass is 519 g/mol. The summed E-state index contributed by atoms with van der Waals surface area (Å²) in [6.07, 6.45) is -1.47. The average molecular weight is 520 g/mol. The fraction of sp³-hybridized carbons (Fsp3) is 0.125. The highest BCUT2D eigenvalue weighted by Gasteiger charge is 2.36. The Bertz CT molecular complexity index is 1500. The summed E-state index contributed by atoms with van der Waals surface area (Å²) < 4.78 is 69.7. The van der Waals surface area contributed by atoms with E-state index in [1.54, 1.807) is 23.7 Å². The van der Waals surface area contributed by atoms with Gasteiger partial charge in [0.05, 0.1) is 27.7 Å². The average Bonchev–Trinajstić information content (AvgIpc) is 3.31. The van der Waals surface area contributed by atoms with E-state index in [1.807, 2.05) is 12.3 Å². The smallest absolute Gasteiger partial charge is 0.302 e. The molecule has 1 aromatic carbocycles. The lowest BCUT2D eigenvalue weighted by atomic mass is 10.1. The van der Waals surface area contributed by atoms with Gasteiger partial charge in [0.25, 0.3) is 5.56 Å². The summed E-state index contributed by atoms with van der Waals surface area (Å²) in [6.45, 7) is -0.496. The minimum absolute atomic E-state index is 0.118. The SMILES string of the molecule is CSc1ccc(-c2csc(-c3cc(C(F)(F)F)c(C#N)c(=O)n3Cc3ccc(F)cc3F)c2)cn1. The minimum atomic E-state index is -4.96. The molecule has 0 amide bonds. The van der Waals surface area contributed by atoms with Gasteiger partial charge in [-0.05, 0) is 41.5 Å². The van der Waals surface area contributed by atoms with Crippen molar-refractivity contribution in [2.75, 3.05) is 6.26 Å². The first-order valence-corrected chi connectivity index (χ1v) is 12.0. The van der Waals surface area contributed by atoms with Crippen LogP contribution in [0.1, 0.15) is 16.7 Å². The third kappa shape index (κ3) is 4.99. The zero-order valence-electron chi connectivity index (χ0n) is 17.9. The summed E-state index contributed by atoms with van der Waals surface area (Å²) in [5.74, 6) is -1.80. The standard InChI is InChI=1S/C24H14F5N3OS2/c1-34-22-5-3-13(10-31-22)15-6-21(35-12-15)20-8-18(24(27,28)29)17(9-30)23(33)32(20)11-14-2-4-16(25)7-19(14)26/h2-8,10,12H,11H2,1H3. The minimum Gasteiger partial charge on any atom is -0.302 e. The first-order valence-electron chi connectivity index (χ1n) is 9.90. The molecule has 35 heavy (non-hydrogen) atoms. The van der Waals surface area contributed by atoms with E-state index in [2.05, 4.69) is 4.98 Å². The number of halogens is 5. The molecule has 0 spiro atoms. The van der Waals surface area contributed by atoms with Crippen LogP contribution in [-0.4, -0.2) is 15.8 Å². The Morgan fingerprint density at radius 3 is 2.49 bits per heavy atom. The predicted molar refractivity (Wildman–Crippen MR) is 124 cm³/mol. The van der Waals surface area contributed by atoms with Crippen LogP contribution in [-0.2, 0) is 12.7 Å². The fourth-order valence-electron chi connectivity index (χ4n) is 3.45. The maximum atomic E-state index is 14.3. The zero-order chi connectivity index (χ0) is 25.3. The lowest BCUT2D eigenvalue weighted by Crippen LogP contribution is -2.28. The second kappa shape index (κ2) is 9.64. The molecule has 0 saturated carbocycles. The van der Waals surface area contributed by atoms with Gasteiger partial charge in [0.1, 0.15) is 23.3 Å². The number of nitrogens with zero attached hydrogens (tertiary/aromatic N) is 3. The highest BCUT2D eigenvalue weighted by Crippen LogP contribution is 2.37. The number of aromatic nitrogens is 2. The Labute approximate surface area is 204 Å². The summed E-state index contributed by atoms with van der Waals surface area (Å²) in [7, 11) is 0. The molecule has 0 saturated heterocycles. The van der Waals surface area contributed by atoms with Gasteiger partial charge in [-0.3, -0.25) is 4.79 Å². The first-order chi connectivity index (χ1) is 16.6. The molecule has 4 nitrogen and oxygen atoms in total. The summed E-state index contributed by atoms with van der Waals surface area (Å²) >= 11 is 2.54. The number of benzene rings is 1. The van der Waals surface area contributed by atoms with Gasteiger partial charge >= 0.3 is 6.18 Å². The Balaban J connectivity index is 1.91. The Morgan fingerprint density at radius 2 is 1.89 bits per heavy atom. The van der Waals surface area contributed by atoms with Crippen molar-refractivity contribution in [3.8, 4) is 27.8 Å². The highest BCUT2D eigenvalue weighted by atomic mass is 32.2. The maximum Gasteiger partial charge on any atom is 0.417 e. The second-order valence-electron chi connectivity index (χ2n) is 7.34. The maximum absolute atomic E-state index is 14.3. The Hall–Kier alpha value is -3.49. The second-order valence-corrected chi connectivity index (χ2v) is 9.08. The van der Waals surface area contributed by atoms with Crippen molar-refractivity contribution in [3.63, 3.8) is 0 Å². The number of alkyl halides is 3. The van der Waals surface area contributed by atoms with Crippen LogP contribution in [0.3, 0.4) is 0 Å². The highest BCUT2D eigenvalue weighted by molar-refractivity contribution is 7.98. The zero-order valence-corrected chi connectivity index (χ0v) is 19.5. The van der Waals surface area contributed by atoms with Gasteiger partial charge in [0.2, 0.25) is 0 Å². The lowest BCUT2D eigenvalue weighted by molar-refractivity contribution is -0.137. The van der Waals surface area contributed by atoms with Crippen LogP contribution in [0.25, 0.3) is 21.7 Å². The van der Waals surface area contributed by atoms with Crippen molar-refractivity contribution >= 4 is 23.1 Å². The number of thiophene rings is 1. The molecular formula is C24H14F5N3OS2. The Kier molecular flexibility index (Phi) is 6.78. The van der Waals surface area contributed by atoms with E-state index in [0.717, 1.165) is 33.1 Å². The van der Waals surface area contributed by atoms with E-state index in [-0.39, 0.29) is 11.3 Å². The van der Waals surface area contributed by atoms with Crippen LogP contribution in [0.4, 0.5) is 22.0 Å². The molecule has 0 bridgehead atoms. The number of rotatable bonds is 5. The van der Waals surface area contributed by atoms with E-state index in [4.69, 9.17) is 0 Å². The third-order valence-corrected chi connectivity index (χ3v) is 6.80. The predicted octanol–water partition coefficient (Wildman–Crippen LogP) is 6.58. The molecule has 3 aromatic heterocycles. The van der Waals surface area contributed by atoms with Gasteiger partial charge in [0.15, 0.2) is 0 Å². The molecule has 0 fully saturated rings. The Morgan fingerprint density at radius 1 is 1.11 bits per heavy atom. The molecule has 0 aliphatic carbocycles. The van der Waals surface area contributed by atoms with Gasteiger partial charge in [-0.2, -0.15) is 18.4 Å². The van der Waals surface area contributed by atoms with Crippen molar-refractivity contribution in [1.82, 2.24) is 9.55 Å². The molecule has 3 heterocycles. The largest absolute Gasteiger partial charge is 0.417 e. The van der Waals surface area contributed by atoms with Crippen LogP contribution in [0, 0.1) is 23.0 Å². The molecular weight excluding hydrogens is 505 g/mol. The van der Waals surface area contributed by atoms with Crippen molar-refractivity contribution in [2.24, 2.45) is 0 Å². The normalized spacial score (nSPS) is 11.5. The quantitative estimate of drug-likeness (QED) is 0.221. The molecule has 0 atom stereocenters. The first kappa shape index (κ1) is 24.6. The molecule has 0 aliphatic heterocycles. The van der Waals surface area contributed by atoms with E-state index >= 15 is 0 Å². The lowest BCUT2D eigenvalue weighted by Gasteiger charge is -2.17. The molecule has 0 unspecified atom stereocenters. The van der Waals surface area contributed by atoms with Gasteiger partial charge in [-0.1, -0.05) is 12.1 Å². The molecule has 0 N–H and O–H groups in total. The van der Waals surface area contributed by atoms with Gasteiger partial charge in [-0.25, -0.2) is 13.8 Å². The van der Waals surface area contributed by atoms with E-state index in [1.165, 1.54) is 17.8 Å².